The van der Waals surface area contributed by atoms with Crippen LogP contribution in [0.25, 0.3) is 0 Å². The number of methoxy groups -OCH3 is 1. The summed E-state index contributed by atoms with van der Waals surface area (Å²) >= 11 is 0. The van der Waals surface area contributed by atoms with Crippen molar-refractivity contribution in [2.24, 2.45) is 5.41 Å². The highest BCUT2D eigenvalue weighted by atomic mass is 16.7. The van der Waals surface area contributed by atoms with E-state index in [4.69, 9.17) is 33.2 Å². The Hall–Kier alpha value is -2.39. The smallest absolute Gasteiger partial charge is 0.330 e. The number of cyclic esters (lactones) is 1. The van der Waals surface area contributed by atoms with Gasteiger partial charge < -0.3 is 48.5 Å². The molecular weight excluding hydrogens is 604 g/mol. The maximum absolute atomic E-state index is 12.8. The van der Waals surface area contributed by atoms with Crippen LogP contribution in [0.3, 0.4) is 0 Å². The van der Waals surface area contributed by atoms with Gasteiger partial charge in [0, 0.05) is 30.8 Å². The molecule has 13 heteroatoms. The highest BCUT2D eigenvalue weighted by molar-refractivity contribution is 5.83. The first-order valence-corrected chi connectivity index (χ1v) is 16.3. The number of hydrogen-bond donors (Lipinski definition) is 3. The number of rotatable bonds is 4. The van der Waals surface area contributed by atoms with E-state index in [0.717, 1.165) is 25.3 Å². The maximum atomic E-state index is 12.8. The molecule has 13 nitrogen and oxygen atoms in total. The summed E-state index contributed by atoms with van der Waals surface area (Å²) in [7, 11) is 1.20. The summed E-state index contributed by atoms with van der Waals surface area (Å²) in [5.74, 6) is -4.30. The highest BCUT2D eigenvalue weighted by Crippen LogP contribution is 2.47. The van der Waals surface area contributed by atoms with Gasteiger partial charge in [0.05, 0.1) is 57.3 Å². The van der Waals surface area contributed by atoms with E-state index in [1.807, 2.05) is 0 Å². The Morgan fingerprint density at radius 3 is 2.46 bits per heavy atom. The average molecular weight is 655 g/mol. The van der Waals surface area contributed by atoms with Crippen molar-refractivity contribution in [2.45, 2.75) is 140 Å². The van der Waals surface area contributed by atoms with Gasteiger partial charge in [0.15, 0.2) is 12.4 Å². The van der Waals surface area contributed by atoms with E-state index in [9.17, 15) is 29.7 Å². The van der Waals surface area contributed by atoms with Gasteiger partial charge in [-0.05, 0) is 50.2 Å². The fraction of sp³-hybridized carbons (Fsp3) is 0.788. The lowest BCUT2D eigenvalue weighted by molar-refractivity contribution is -0.327. The summed E-state index contributed by atoms with van der Waals surface area (Å²) in [5.41, 5.74) is -1.05. The molecule has 0 saturated carbocycles. The summed E-state index contributed by atoms with van der Waals surface area (Å²) in [6, 6.07) is 0. The minimum Gasteiger partial charge on any atom is -0.466 e. The van der Waals surface area contributed by atoms with Gasteiger partial charge in [0.25, 0.3) is 0 Å². The molecule has 3 saturated heterocycles. The number of carbonyl (C=O) groups is 3. The lowest BCUT2D eigenvalue weighted by Gasteiger charge is -2.51. The van der Waals surface area contributed by atoms with E-state index in [1.165, 1.54) is 7.11 Å². The normalized spacial score (nSPS) is 38.3. The highest BCUT2D eigenvalue weighted by Gasteiger charge is 2.57. The van der Waals surface area contributed by atoms with Crippen LogP contribution in [0.1, 0.15) is 85.0 Å². The van der Waals surface area contributed by atoms with Crippen molar-refractivity contribution >= 4 is 17.9 Å². The van der Waals surface area contributed by atoms with Gasteiger partial charge in [0.1, 0.15) is 6.10 Å². The zero-order chi connectivity index (χ0) is 33.5. The number of fused-ring (bicyclic) bond motifs is 6. The zero-order valence-electron chi connectivity index (χ0n) is 27.3. The molecule has 4 rings (SSSR count). The third-order valence-electron chi connectivity index (χ3n) is 9.11. The van der Waals surface area contributed by atoms with Gasteiger partial charge in [-0.2, -0.15) is 0 Å². The summed E-state index contributed by atoms with van der Waals surface area (Å²) in [6.45, 7) is 4.86. The largest absolute Gasteiger partial charge is 0.466 e. The Labute approximate surface area is 270 Å². The fourth-order valence-corrected chi connectivity index (χ4v) is 6.53. The van der Waals surface area contributed by atoms with Gasteiger partial charge in [-0.3, -0.25) is 9.59 Å². The predicted molar refractivity (Wildman–Crippen MR) is 161 cm³/mol. The lowest BCUT2D eigenvalue weighted by atomic mass is 9.74. The summed E-state index contributed by atoms with van der Waals surface area (Å²) < 4.78 is 40.8. The Balaban J connectivity index is 1.71. The molecule has 0 unspecified atom stereocenters. The predicted octanol–water partition coefficient (Wildman–Crippen LogP) is 2.38. The Bertz CT molecular complexity index is 1120. The number of hydrogen-bond acceptors (Lipinski definition) is 13. The lowest BCUT2D eigenvalue weighted by Crippen LogP contribution is -2.62. The number of esters is 3. The Morgan fingerprint density at radius 2 is 1.76 bits per heavy atom. The van der Waals surface area contributed by atoms with Crippen LogP contribution in [0.4, 0.5) is 0 Å². The SMILES string of the molecule is CCC(=O)O[C@H]1C(=CC(=O)OC)C[C@H]2C[C@H](CO)OC(=O)C[C@H](O)C[C@@H]3CCC[C@H](C[C@@H]4CCO[C@H](C=CC(C)(C)[C@]1(O)O2)O4)O3. The molecule has 3 N–H and O–H groups in total. The van der Waals surface area contributed by atoms with Crippen LogP contribution in [0.15, 0.2) is 23.8 Å². The van der Waals surface area contributed by atoms with Crippen molar-refractivity contribution in [2.75, 3.05) is 20.3 Å². The monoisotopic (exact) mass is 654 g/mol. The van der Waals surface area contributed by atoms with Gasteiger partial charge >= 0.3 is 17.9 Å². The minimum atomic E-state index is -2.24. The van der Waals surface area contributed by atoms with Crippen molar-refractivity contribution < 1.29 is 62.9 Å². The topological polar surface area (TPSA) is 177 Å². The molecule has 260 valence electrons. The van der Waals surface area contributed by atoms with Crippen LogP contribution < -0.4 is 0 Å². The van der Waals surface area contributed by atoms with Gasteiger partial charge in [-0.15, -0.1) is 0 Å². The molecule has 3 fully saturated rings. The molecule has 46 heavy (non-hydrogen) atoms. The second-order valence-corrected chi connectivity index (χ2v) is 13.1. The standard InChI is InChI=1S/C33H50O13/c1-5-27(36)45-31-20(14-28(37)40-4)13-25-18-26(19-34)43-29(38)16-21(35)15-22-7-6-8-23(42-22)17-24-10-12-41-30(44-24)9-11-32(2,3)33(31,39)46-25/h9,11,14,21-26,30-31,34-35,39H,5-8,10,12-13,15-19H2,1-4H3/t21-,22+,23-,24+,25+,26-,30+,31+,33-/m1/s1. The number of ether oxygens (including phenoxy) is 7. The van der Waals surface area contributed by atoms with Gasteiger partial charge in [0.2, 0.25) is 5.79 Å². The van der Waals surface area contributed by atoms with Crippen LogP contribution in [-0.2, 0) is 47.5 Å². The number of aliphatic hydroxyl groups is 3. The summed E-state index contributed by atoms with van der Waals surface area (Å²) in [4.78, 5) is 37.9. The van der Waals surface area contributed by atoms with Crippen molar-refractivity contribution in [3.05, 3.63) is 23.8 Å². The molecule has 0 spiro atoms. The molecule has 0 radical (unpaired) electrons. The third-order valence-corrected chi connectivity index (χ3v) is 9.11. The van der Waals surface area contributed by atoms with E-state index >= 15 is 0 Å². The molecule has 0 aliphatic carbocycles. The molecule has 0 aromatic rings. The van der Waals surface area contributed by atoms with E-state index in [1.54, 1.807) is 32.9 Å². The average Bonchev–Trinajstić information content (AvgIpc) is 3.01. The van der Waals surface area contributed by atoms with Crippen LogP contribution in [0.5, 0.6) is 0 Å². The van der Waals surface area contributed by atoms with Gasteiger partial charge in [-0.25, -0.2) is 4.79 Å². The van der Waals surface area contributed by atoms with Crippen LogP contribution in [-0.4, -0.2) is 108 Å². The van der Waals surface area contributed by atoms with Crippen molar-refractivity contribution in [3.8, 4) is 0 Å². The Kier molecular flexibility index (Phi) is 12.8. The van der Waals surface area contributed by atoms with E-state index in [2.05, 4.69) is 0 Å². The first-order valence-electron chi connectivity index (χ1n) is 16.3. The molecule has 4 heterocycles. The van der Waals surface area contributed by atoms with E-state index < -0.39 is 66.4 Å². The van der Waals surface area contributed by atoms with Crippen molar-refractivity contribution in [1.82, 2.24) is 0 Å². The molecule has 4 aliphatic heterocycles. The van der Waals surface area contributed by atoms with Crippen LogP contribution in [0.2, 0.25) is 0 Å². The fourth-order valence-electron chi connectivity index (χ4n) is 6.53. The Morgan fingerprint density at radius 1 is 1.04 bits per heavy atom. The van der Waals surface area contributed by atoms with E-state index in [-0.39, 0.29) is 56.0 Å². The third kappa shape index (κ3) is 9.36. The van der Waals surface area contributed by atoms with Crippen LogP contribution in [0, 0.1) is 5.41 Å². The summed E-state index contributed by atoms with van der Waals surface area (Å²) in [5, 5.41) is 33.2. The van der Waals surface area contributed by atoms with Crippen LogP contribution >= 0.6 is 0 Å². The zero-order valence-corrected chi connectivity index (χ0v) is 27.3. The number of carbonyl (C=O) groups excluding carboxylic acids is 3. The molecule has 4 aliphatic rings. The quantitative estimate of drug-likeness (QED) is 0.174. The van der Waals surface area contributed by atoms with Crippen molar-refractivity contribution in [3.63, 3.8) is 0 Å². The first kappa shape index (κ1) is 36.4. The minimum absolute atomic E-state index is 0.00275. The van der Waals surface area contributed by atoms with E-state index in [0.29, 0.717) is 19.4 Å². The molecule has 0 aromatic heterocycles. The number of aliphatic hydroxyl groups excluding tert-OH is 2. The molecular formula is C33H50O13. The second kappa shape index (κ2) is 16.1. The first-order chi connectivity index (χ1) is 21.8. The maximum Gasteiger partial charge on any atom is 0.330 e. The molecule has 6 bridgehead atoms. The molecule has 0 amide bonds. The second-order valence-electron chi connectivity index (χ2n) is 13.1. The molecule has 0 aromatic carbocycles. The molecule has 9 atom stereocenters. The summed E-state index contributed by atoms with van der Waals surface area (Å²) in [6.07, 6.45) is 2.73. The van der Waals surface area contributed by atoms with Gasteiger partial charge in [-0.1, -0.05) is 26.8 Å². The van der Waals surface area contributed by atoms with Crippen molar-refractivity contribution in [1.29, 1.82) is 0 Å².